The number of carbonyl (C=O) groups is 1. The Morgan fingerprint density at radius 1 is 0.971 bits per heavy atom. The van der Waals surface area contributed by atoms with Crippen LogP contribution in [0.15, 0.2) is 73.1 Å². The molecule has 2 N–H and O–H groups in total. The highest BCUT2D eigenvalue weighted by Gasteiger charge is 2.19. The number of para-hydroxylation sites is 1. The molecule has 0 saturated heterocycles. The van der Waals surface area contributed by atoms with E-state index in [0.29, 0.717) is 22.7 Å². The minimum atomic E-state index is -0.496. The van der Waals surface area contributed by atoms with Gasteiger partial charge in [0, 0.05) is 24.2 Å². The molecule has 0 unspecified atom stereocenters. The van der Waals surface area contributed by atoms with Crippen LogP contribution in [0.4, 0.5) is 4.39 Å². The van der Waals surface area contributed by atoms with Crippen molar-refractivity contribution >= 4 is 22.5 Å². The van der Waals surface area contributed by atoms with E-state index in [1.165, 1.54) is 12.1 Å². The molecular weight excluding hydrogens is 445 g/mol. The normalized spacial score (nSPS) is 11.5. The first-order valence-corrected chi connectivity index (χ1v) is 11.0. The first-order valence-electron chi connectivity index (χ1n) is 11.0. The number of amides is 1. The average Bonchev–Trinajstić information content (AvgIpc) is 3.53. The minimum absolute atomic E-state index is 0.300. The molecule has 6 rings (SSSR count). The number of imidazole rings is 2. The van der Waals surface area contributed by atoms with E-state index in [1.54, 1.807) is 29.0 Å². The fraction of sp³-hybridized carbons (Fsp3) is 0.0769. The van der Waals surface area contributed by atoms with Crippen molar-refractivity contribution in [1.82, 2.24) is 28.7 Å². The molecule has 35 heavy (non-hydrogen) atoms. The number of benzene rings is 2. The molecule has 0 saturated carbocycles. The zero-order valence-electron chi connectivity index (χ0n) is 19.0. The van der Waals surface area contributed by atoms with E-state index >= 15 is 0 Å². The van der Waals surface area contributed by atoms with Gasteiger partial charge in [-0.05, 0) is 49.4 Å². The fourth-order valence-corrected chi connectivity index (χ4v) is 4.39. The Bertz CT molecular complexity index is 1760. The smallest absolute Gasteiger partial charge is 0.250 e. The average molecular weight is 465 g/mol. The second-order valence-corrected chi connectivity index (χ2v) is 8.34. The van der Waals surface area contributed by atoms with Crippen molar-refractivity contribution in [3.05, 3.63) is 90.3 Å². The number of aromatic nitrogens is 6. The quantitative estimate of drug-likeness (QED) is 0.420. The monoisotopic (exact) mass is 465 g/mol. The number of nitrogens with two attached hydrogens (primary N) is 1. The summed E-state index contributed by atoms with van der Waals surface area (Å²) < 4.78 is 19.0. The van der Waals surface area contributed by atoms with Gasteiger partial charge in [-0.2, -0.15) is 5.10 Å². The molecule has 4 aromatic heterocycles. The Kier molecular flexibility index (Phi) is 4.53. The van der Waals surface area contributed by atoms with Crippen molar-refractivity contribution in [1.29, 1.82) is 0 Å². The number of fused-ring (bicyclic) bond motifs is 2. The third-order valence-electron chi connectivity index (χ3n) is 6.21. The Morgan fingerprint density at radius 2 is 1.74 bits per heavy atom. The van der Waals surface area contributed by atoms with Crippen LogP contribution in [0.3, 0.4) is 0 Å². The Morgan fingerprint density at radius 3 is 2.51 bits per heavy atom. The topological polar surface area (TPSA) is 96.0 Å². The Hall–Kier alpha value is -4.79. The highest BCUT2D eigenvalue weighted by atomic mass is 19.1. The van der Waals surface area contributed by atoms with Crippen molar-refractivity contribution in [3.63, 3.8) is 0 Å². The lowest BCUT2D eigenvalue weighted by molar-refractivity contribution is 0.100. The zero-order valence-corrected chi connectivity index (χ0v) is 19.0. The molecule has 4 heterocycles. The first kappa shape index (κ1) is 20.8. The van der Waals surface area contributed by atoms with Crippen LogP contribution in [0.2, 0.25) is 0 Å². The standard InChI is InChI=1S/C26H20FN7O/c1-15-29-24(16-7-9-17(27)10-8-16)25(32(15)2)20-11-12-22-30-23(14-34(22)31-20)33-13-19(26(28)35)18-5-3-4-6-21(18)33/h3-14H,1-2H3,(H2,28,35). The first-order chi connectivity index (χ1) is 16.9. The van der Waals surface area contributed by atoms with E-state index in [-0.39, 0.29) is 5.82 Å². The lowest BCUT2D eigenvalue weighted by atomic mass is 10.1. The van der Waals surface area contributed by atoms with Crippen molar-refractivity contribution in [3.8, 4) is 28.5 Å². The molecule has 2 aromatic carbocycles. The molecule has 0 radical (unpaired) electrons. The van der Waals surface area contributed by atoms with Gasteiger partial charge in [-0.3, -0.25) is 9.36 Å². The number of primary amides is 1. The lowest BCUT2D eigenvalue weighted by Gasteiger charge is -2.07. The summed E-state index contributed by atoms with van der Waals surface area (Å²) in [5, 5.41) is 5.57. The van der Waals surface area contributed by atoms with Gasteiger partial charge < -0.3 is 10.3 Å². The lowest BCUT2D eigenvalue weighted by Crippen LogP contribution is -2.10. The summed E-state index contributed by atoms with van der Waals surface area (Å²) in [4.78, 5) is 21.4. The molecule has 6 aromatic rings. The maximum absolute atomic E-state index is 13.5. The van der Waals surface area contributed by atoms with Gasteiger partial charge in [-0.15, -0.1) is 0 Å². The number of rotatable bonds is 4. The maximum atomic E-state index is 13.5. The number of aryl methyl sites for hydroxylation is 1. The summed E-state index contributed by atoms with van der Waals surface area (Å²) in [5.74, 6) is 0.623. The molecule has 0 aliphatic rings. The summed E-state index contributed by atoms with van der Waals surface area (Å²) in [6.07, 6.45) is 3.50. The van der Waals surface area contributed by atoms with Crippen LogP contribution >= 0.6 is 0 Å². The molecule has 1 amide bonds. The van der Waals surface area contributed by atoms with Gasteiger partial charge in [-0.25, -0.2) is 18.9 Å². The summed E-state index contributed by atoms with van der Waals surface area (Å²) in [6, 6.07) is 17.6. The van der Waals surface area contributed by atoms with Crippen molar-refractivity contribution < 1.29 is 9.18 Å². The minimum Gasteiger partial charge on any atom is -0.366 e. The van der Waals surface area contributed by atoms with Crippen molar-refractivity contribution in [2.24, 2.45) is 12.8 Å². The molecule has 0 spiro atoms. The SMILES string of the molecule is Cc1nc(-c2ccc(F)cc2)c(-c2ccc3nc(-n4cc(C(N)=O)c5ccccc54)cn3n2)n1C. The summed E-state index contributed by atoms with van der Waals surface area (Å²) in [7, 11) is 1.92. The summed E-state index contributed by atoms with van der Waals surface area (Å²) >= 11 is 0. The van der Waals surface area contributed by atoms with Crippen LogP contribution in [0, 0.1) is 12.7 Å². The van der Waals surface area contributed by atoms with E-state index in [1.807, 2.05) is 59.5 Å². The van der Waals surface area contributed by atoms with Gasteiger partial charge in [0.2, 0.25) is 0 Å². The molecule has 0 bridgehead atoms. The summed E-state index contributed by atoms with van der Waals surface area (Å²) in [5.41, 5.74) is 10.5. The van der Waals surface area contributed by atoms with Crippen LogP contribution < -0.4 is 5.73 Å². The van der Waals surface area contributed by atoms with Gasteiger partial charge in [0.15, 0.2) is 11.5 Å². The van der Waals surface area contributed by atoms with E-state index in [9.17, 15) is 9.18 Å². The largest absolute Gasteiger partial charge is 0.366 e. The van der Waals surface area contributed by atoms with Crippen LogP contribution in [0.25, 0.3) is 45.0 Å². The fourth-order valence-electron chi connectivity index (χ4n) is 4.39. The van der Waals surface area contributed by atoms with Crippen LogP contribution in [0.1, 0.15) is 16.2 Å². The molecule has 0 aliphatic heterocycles. The third kappa shape index (κ3) is 3.28. The maximum Gasteiger partial charge on any atom is 0.250 e. The second kappa shape index (κ2) is 7.63. The van der Waals surface area contributed by atoms with Crippen molar-refractivity contribution in [2.75, 3.05) is 0 Å². The molecular formula is C26H20FN7O. The zero-order chi connectivity index (χ0) is 24.3. The molecule has 9 heteroatoms. The predicted molar refractivity (Wildman–Crippen MR) is 131 cm³/mol. The van der Waals surface area contributed by atoms with Gasteiger partial charge in [0.1, 0.15) is 17.3 Å². The Balaban J connectivity index is 1.50. The van der Waals surface area contributed by atoms with E-state index < -0.39 is 5.91 Å². The second-order valence-electron chi connectivity index (χ2n) is 8.34. The third-order valence-corrected chi connectivity index (χ3v) is 6.21. The number of halogens is 1. The highest BCUT2D eigenvalue weighted by Crippen LogP contribution is 2.31. The Labute approximate surface area is 199 Å². The molecule has 0 aliphatic carbocycles. The van der Waals surface area contributed by atoms with E-state index in [0.717, 1.165) is 33.7 Å². The highest BCUT2D eigenvalue weighted by molar-refractivity contribution is 6.06. The predicted octanol–water partition coefficient (Wildman–Crippen LogP) is 4.29. The molecule has 8 nitrogen and oxygen atoms in total. The molecule has 172 valence electrons. The number of carbonyl (C=O) groups excluding carboxylic acids is 1. The molecule has 0 atom stereocenters. The molecule has 0 fully saturated rings. The van der Waals surface area contributed by atoms with Gasteiger partial charge in [-0.1, -0.05) is 18.2 Å². The van der Waals surface area contributed by atoms with E-state index in [2.05, 4.69) is 0 Å². The summed E-state index contributed by atoms with van der Waals surface area (Å²) in [6.45, 7) is 1.91. The number of hydrogen-bond donors (Lipinski definition) is 1. The van der Waals surface area contributed by atoms with Crippen LogP contribution in [-0.4, -0.2) is 34.6 Å². The van der Waals surface area contributed by atoms with E-state index in [4.69, 9.17) is 20.8 Å². The van der Waals surface area contributed by atoms with Crippen LogP contribution in [-0.2, 0) is 7.05 Å². The number of nitrogens with zero attached hydrogens (tertiary/aromatic N) is 6. The van der Waals surface area contributed by atoms with Gasteiger partial charge >= 0.3 is 0 Å². The van der Waals surface area contributed by atoms with Crippen molar-refractivity contribution in [2.45, 2.75) is 6.92 Å². The van der Waals surface area contributed by atoms with Gasteiger partial charge in [0.25, 0.3) is 5.91 Å². The number of hydrogen-bond acceptors (Lipinski definition) is 4. The van der Waals surface area contributed by atoms with Crippen LogP contribution in [0.5, 0.6) is 0 Å². The van der Waals surface area contributed by atoms with Gasteiger partial charge in [0.05, 0.1) is 28.7 Å².